The summed E-state index contributed by atoms with van der Waals surface area (Å²) in [5.74, 6) is 2.33. The molecule has 0 saturated carbocycles. The van der Waals surface area contributed by atoms with Gasteiger partial charge in [0, 0.05) is 48.7 Å². The Morgan fingerprint density at radius 1 is 0.969 bits per heavy atom. The molecule has 0 aliphatic heterocycles. The highest BCUT2D eigenvalue weighted by molar-refractivity contribution is 5.94. The van der Waals surface area contributed by atoms with E-state index in [1.807, 2.05) is 31.2 Å². The van der Waals surface area contributed by atoms with Crippen molar-refractivity contribution in [3.8, 4) is 23.0 Å². The number of nitrogens with zero attached hydrogens (tertiary/aromatic N) is 2. The average Bonchev–Trinajstić information content (AvgIpc) is 2.83. The van der Waals surface area contributed by atoms with Gasteiger partial charge in [-0.1, -0.05) is 6.07 Å². The monoisotopic (exact) mass is 436 g/mol. The van der Waals surface area contributed by atoms with Gasteiger partial charge in [0.2, 0.25) is 0 Å². The molecule has 2 aromatic carbocycles. The number of amides is 1. The Kier molecular flexibility index (Phi) is 7.91. The molecule has 7 nitrogen and oxygen atoms in total. The number of carbonyl (C=O) groups excluding carboxylic acids is 1. The number of methoxy groups -OCH3 is 2. The lowest BCUT2D eigenvalue weighted by molar-refractivity contribution is 0.0783. The third kappa shape index (κ3) is 5.69. The van der Waals surface area contributed by atoms with Crippen LogP contribution in [0.4, 0.5) is 0 Å². The van der Waals surface area contributed by atoms with Crippen LogP contribution in [0.15, 0.2) is 60.9 Å². The highest BCUT2D eigenvalue weighted by Crippen LogP contribution is 2.30. The zero-order chi connectivity index (χ0) is 22.9. The highest BCUT2D eigenvalue weighted by atomic mass is 16.5. The van der Waals surface area contributed by atoms with Gasteiger partial charge < -0.3 is 23.8 Å². The number of aromatic nitrogens is 1. The second-order valence-electron chi connectivity index (χ2n) is 7.08. The van der Waals surface area contributed by atoms with Crippen molar-refractivity contribution >= 4 is 5.91 Å². The second kappa shape index (κ2) is 11.0. The number of benzene rings is 2. The van der Waals surface area contributed by atoms with Gasteiger partial charge in [-0.15, -0.1) is 0 Å². The summed E-state index contributed by atoms with van der Waals surface area (Å²) in [6, 6.07) is 14.5. The summed E-state index contributed by atoms with van der Waals surface area (Å²) in [5.41, 5.74) is 2.34. The fourth-order valence-corrected chi connectivity index (χ4v) is 3.20. The van der Waals surface area contributed by atoms with Gasteiger partial charge in [0.15, 0.2) is 11.5 Å². The van der Waals surface area contributed by atoms with Gasteiger partial charge >= 0.3 is 0 Å². The average molecular weight is 437 g/mol. The molecule has 0 aliphatic rings. The molecule has 1 heterocycles. The van der Waals surface area contributed by atoms with Crippen LogP contribution in [0.2, 0.25) is 0 Å². The number of carbonyl (C=O) groups is 1. The van der Waals surface area contributed by atoms with Gasteiger partial charge in [-0.05, 0) is 43.3 Å². The van der Waals surface area contributed by atoms with Crippen molar-refractivity contribution in [2.24, 2.45) is 0 Å². The van der Waals surface area contributed by atoms with E-state index in [0.29, 0.717) is 48.3 Å². The number of rotatable bonds is 10. The third-order valence-corrected chi connectivity index (χ3v) is 4.86. The molecule has 0 N–H and O–H groups in total. The molecule has 3 rings (SSSR count). The van der Waals surface area contributed by atoms with Gasteiger partial charge in [0.1, 0.15) is 18.1 Å². The first-order valence-electron chi connectivity index (χ1n) is 10.3. The zero-order valence-electron chi connectivity index (χ0n) is 18.8. The third-order valence-electron chi connectivity index (χ3n) is 4.86. The Bertz CT molecular complexity index is 1040. The van der Waals surface area contributed by atoms with Crippen LogP contribution < -0.4 is 18.9 Å². The molecule has 0 aliphatic carbocycles. The SMILES string of the molecule is CCOc1cc(C(=O)N(C)Cc2ccc(OC)cc2OC)ccc1OCc1cccnc1. The van der Waals surface area contributed by atoms with Crippen molar-refractivity contribution in [2.75, 3.05) is 27.9 Å². The number of pyridine rings is 1. The maximum Gasteiger partial charge on any atom is 0.254 e. The molecule has 0 unspecified atom stereocenters. The van der Waals surface area contributed by atoms with Crippen molar-refractivity contribution < 1.29 is 23.7 Å². The van der Waals surface area contributed by atoms with Gasteiger partial charge in [0.05, 0.1) is 20.8 Å². The molecule has 0 fully saturated rings. The molecule has 0 bridgehead atoms. The minimum atomic E-state index is -0.136. The summed E-state index contributed by atoms with van der Waals surface area (Å²) in [7, 11) is 4.95. The van der Waals surface area contributed by atoms with E-state index >= 15 is 0 Å². The molecule has 1 aromatic heterocycles. The predicted molar refractivity (Wildman–Crippen MR) is 122 cm³/mol. The molecule has 168 valence electrons. The first-order chi connectivity index (χ1) is 15.5. The minimum Gasteiger partial charge on any atom is -0.497 e. The maximum atomic E-state index is 13.1. The standard InChI is InChI=1S/C25H28N2O5/c1-5-31-24-13-19(9-11-22(24)32-17-18-7-6-12-26-15-18)25(28)27(2)16-20-8-10-21(29-3)14-23(20)30-4/h6-15H,5,16-17H2,1-4H3. The Morgan fingerprint density at radius 3 is 2.50 bits per heavy atom. The Labute approximate surface area is 188 Å². The van der Waals surface area contributed by atoms with Crippen molar-refractivity contribution in [3.05, 3.63) is 77.6 Å². The molecule has 0 atom stereocenters. The van der Waals surface area contributed by atoms with Crippen LogP contribution in [0.25, 0.3) is 0 Å². The van der Waals surface area contributed by atoms with Crippen LogP contribution in [0.5, 0.6) is 23.0 Å². The lowest BCUT2D eigenvalue weighted by Gasteiger charge is -2.20. The molecule has 0 saturated heterocycles. The van der Waals surface area contributed by atoms with Crippen molar-refractivity contribution in [3.63, 3.8) is 0 Å². The molecule has 0 spiro atoms. The van der Waals surface area contributed by atoms with Gasteiger partial charge in [-0.2, -0.15) is 0 Å². The van der Waals surface area contributed by atoms with E-state index < -0.39 is 0 Å². The Morgan fingerprint density at radius 2 is 1.81 bits per heavy atom. The second-order valence-corrected chi connectivity index (χ2v) is 7.08. The van der Waals surface area contributed by atoms with Crippen molar-refractivity contribution in [1.29, 1.82) is 0 Å². The summed E-state index contributed by atoms with van der Waals surface area (Å²) in [5, 5.41) is 0. The minimum absolute atomic E-state index is 0.136. The first-order valence-corrected chi connectivity index (χ1v) is 10.3. The normalized spacial score (nSPS) is 10.4. The van der Waals surface area contributed by atoms with Crippen LogP contribution in [0.3, 0.4) is 0 Å². The van der Waals surface area contributed by atoms with Crippen LogP contribution in [0.1, 0.15) is 28.4 Å². The zero-order valence-corrected chi connectivity index (χ0v) is 18.8. The summed E-state index contributed by atoms with van der Waals surface area (Å²) >= 11 is 0. The topological polar surface area (TPSA) is 70.1 Å². The van der Waals surface area contributed by atoms with E-state index in [1.54, 1.807) is 62.8 Å². The van der Waals surface area contributed by atoms with Crippen LogP contribution >= 0.6 is 0 Å². The van der Waals surface area contributed by atoms with E-state index in [0.717, 1.165) is 11.1 Å². The predicted octanol–water partition coefficient (Wildman–Crippen LogP) is 4.35. The highest BCUT2D eigenvalue weighted by Gasteiger charge is 2.17. The maximum absolute atomic E-state index is 13.1. The summed E-state index contributed by atoms with van der Waals surface area (Å²) in [6.45, 7) is 3.09. The van der Waals surface area contributed by atoms with Crippen LogP contribution in [-0.2, 0) is 13.2 Å². The summed E-state index contributed by atoms with van der Waals surface area (Å²) < 4.78 is 22.3. The fourth-order valence-electron chi connectivity index (χ4n) is 3.20. The molecule has 7 heteroatoms. The van der Waals surface area contributed by atoms with E-state index in [9.17, 15) is 4.79 Å². The molecular weight excluding hydrogens is 408 g/mol. The molecule has 1 amide bonds. The largest absolute Gasteiger partial charge is 0.497 e. The first kappa shape index (κ1) is 22.9. The summed E-state index contributed by atoms with van der Waals surface area (Å²) in [6.07, 6.45) is 3.47. The van der Waals surface area contributed by atoms with E-state index in [-0.39, 0.29) is 5.91 Å². The molecule has 32 heavy (non-hydrogen) atoms. The van der Waals surface area contributed by atoms with Gasteiger partial charge in [-0.25, -0.2) is 0 Å². The Balaban J connectivity index is 1.74. The Hall–Kier alpha value is -3.74. The van der Waals surface area contributed by atoms with Crippen molar-refractivity contribution in [2.45, 2.75) is 20.1 Å². The number of hydrogen-bond donors (Lipinski definition) is 0. The number of hydrogen-bond acceptors (Lipinski definition) is 6. The smallest absolute Gasteiger partial charge is 0.254 e. The number of ether oxygens (including phenoxy) is 4. The summed E-state index contributed by atoms with van der Waals surface area (Å²) in [4.78, 5) is 18.8. The lowest BCUT2D eigenvalue weighted by Crippen LogP contribution is -2.26. The van der Waals surface area contributed by atoms with E-state index in [1.165, 1.54) is 0 Å². The van der Waals surface area contributed by atoms with E-state index in [4.69, 9.17) is 18.9 Å². The quantitative estimate of drug-likeness (QED) is 0.471. The molecule has 0 radical (unpaired) electrons. The molecular formula is C25H28N2O5. The fraction of sp³-hybridized carbons (Fsp3) is 0.280. The van der Waals surface area contributed by atoms with Crippen LogP contribution in [0, 0.1) is 0 Å². The van der Waals surface area contributed by atoms with E-state index in [2.05, 4.69) is 4.98 Å². The van der Waals surface area contributed by atoms with Crippen molar-refractivity contribution in [1.82, 2.24) is 9.88 Å². The van der Waals surface area contributed by atoms with Gasteiger partial charge in [-0.3, -0.25) is 9.78 Å². The molecule has 3 aromatic rings. The lowest BCUT2D eigenvalue weighted by atomic mass is 10.1. The van der Waals surface area contributed by atoms with Gasteiger partial charge in [0.25, 0.3) is 5.91 Å². The van der Waals surface area contributed by atoms with Crippen LogP contribution in [-0.4, -0.2) is 43.7 Å².